The van der Waals surface area contributed by atoms with Gasteiger partial charge in [-0.25, -0.2) is 0 Å². The molecule has 6 aromatic rings. The average Bonchev–Trinajstić information content (AvgIpc) is 3.17. The summed E-state index contributed by atoms with van der Waals surface area (Å²) in [5.41, 5.74) is 13.6. The first-order chi connectivity index (χ1) is 24.1. The molecule has 49 heavy (non-hydrogen) atoms. The molecule has 0 unspecified atom stereocenters. The van der Waals surface area contributed by atoms with Gasteiger partial charge in [0.1, 0.15) is 0 Å². The van der Waals surface area contributed by atoms with Gasteiger partial charge in [-0.2, -0.15) is 11.8 Å². The monoisotopic (exact) mass is 652 g/mol. The zero-order valence-electron chi connectivity index (χ0n) is 27.7. The lowest BCUT2D eigenvalue weighted by Crippen LogP contribution is -2.10. The molecule has 0 aliphatic heterocycles. The summed E-state index contributed by atoms with van der Waals surface area (Å²) in [6, 6.07) is 51.8. The van der Waals surface area contributed by atoms with Gasteiger partial charge in [0.15, 0.2) is 0 Å². The number of hydrogen-bond donors (Lipinski definition) is 0. The van der Waals surface area contributed by atoms with E-state index in [1.54, 1.807) is 0 Å². The van der Waals surface area contributed by atoms with Crippen LogP contribution in [0.4, 0.5) is 34.1 Å². The van der Waals surface area contributed by atoms with Crippen LogP contribution in [0.3, 0.4) is 0 Å². The van der Waals surface area contributed by atoms with Crippen molar-refractivity contribution in [2.75, 3.05) is 9.80 Å². The third kappa shape index (κ3) is 8.03. The molecule has 2 nitrogen and oxygen atoms in total. The minimum absolute atomic E-state index is 0.932. The van der Waals surface area contributed by atoms with Crippen molar-refractivity contribution in [3.8, 4) is 0 Å². The van der Waals surface area contributed by atoms with Gasteiger partial charge in [-0.15, -0.1) is 0 Å². The summed E-state index contributed by atoms with van der Waals surface area (Å²) in [5.74, 6) is 1.86. The van der Waals surface area contributed by atoms with Gasteiger partial charge >= 0.3 is 0 Å². The van der Waals surface area contributed by atoms with Crippen LogP contribution < -0.4 is 9.80 Å². The first kappa shape index (κ1) is 33.1. The van der Waals surface area contributed by atoms with E-state index in [0.717, 1.165) is 67.9 Å². The quantitative estimate of drug-likeness (QED) is 0.116. The predicted octanol–water partition coefficient (Wildman–Crippen LogP) is 13.6. The molecule has 0 aliphatic carbocycles. The first-order valence-electron chi connectivity index (χ1n) is 16.3. The van der Waals surface area contributed by atoms with Crippen LogP contribution in [-0.2, 0) is 11.5 Å². The van der Waals surface area contributed by atoms with Crippen molar-refractivity contribution in [2.45, 2.75) is 11.5 Å². The van der Waals surface area contributed by atoms with Gasteiger partial charge in [-0.05, 0) is 106 Å². The summed E-state index contributed by atoms with van der Waals surface area (Å²) >= 11 is 1.93. The maximum absolute atomic E-state index is 3.91. The second-order valence-electron chi connectivity index (χ2n) is 11.7. The lowest BCUT2D eigenvalue weighted by Gasteiger charge is -2.26. The third-order valence-electron chi connectivity index (χ3n) is 8.47. The Balaban J connectivity index is 1.14. The van der Waals surface area contributed by atoms with Crippen LogP contribution in [0.1, 0.15) is 33.4 Å². The molecule has 6 rings (SSSR count). The Labute approximate surface area is 295 Å². The number of anilines is 6. The fraction of sp³-hybridized carbons (Fsp3) is 0.0435. The van der Waals surface area contributed by atoms with Crippen LogP contribution in [0.15, 0.2) is 172 Å². The Morgan fingerprint density at radius 1 is 0.327 bits per heavy atom. The molecular weight excluding hydrogens is 613 g/mol. The van der Waals surface area contributed by atoms with Crippen LogP contribution in [0, 0.1) is 0 Å². The molecule has 0 amide bonds. The predicted molar refractivity (Wildman–Crippen MR) is 218 cm³/mol. The van der Waals surface area contributed by atoms with E-state index >= 15 is 0 Å². The smallest absolute Gasteiger partial charge is 0.0462 e. The molecular formula is C46H40N2S. The van der Waals surface area contributed by atoms with Crippen LogP contribution in [0.2, 0.25) is 0 Å². The van der Waals surface area contributed by atoms with E-state index in [-0.39, 0.29) is 0 Å². The van der Waals surface area contributed by atoms with Crippen LogP contribution in [0.5, 0.6) is 0 Å². The molecule has 0 aromatic heterocycles. The van der Waals surface area contributed by atoms with Gasteiger partial charge in [0, 0.05) is 45.6 Å². The van der Waals surface area contributed by atoms with E-state index in [0.29, 0.717) is 0 Å². The summed E-state index contributed by atoms with van der Waals surface area (Å²) in [4.78, 5) is 4.56. The summed E-state index contributed by atoms with van der Waals surface area (Å²) in [6.45, 7) is 15.6. The van der Waals surface area contributed by atoms with Gasteiger partial charge < -0.3 is 9.80 Å². The Kier molecular flexibility index (Phi) is 10.7. The second kappa shape index (κ2) is 15.9. The van der Waals surface area contributed by atoms with E-state index < -0.39 is 0 Å². The highest BCUT2D eigenvalue weighted by Crippen LogP contribution is 2.37. The highest BCUT2D eigenvalue weighted by Gasteiger charge is 2.14. The molecule has 0 saturated carbocycles. The maximum atomic E-state index is 3.91. The third-order valence-corrected chi connectivity index (χ3v) is 9.55. The van der Waals surface area contributed by atoms with Gasteiger partial charge in [-0.1, -0.05) is 123 Å². The van der Waals surface area contributed by atoms with E-state index in [9.17, 15) is 0 Å². The molecule has 6 aromatic carbocycles. The van der Waals surface area contributed by atoms with Gasteiger partial charge in [-0.3, -0.25) is 0 Å². The van der Waals surface area contributed by atoms with Crippen LogP contribution in [-0.4, -0.2) is 0 Å². The topological polar surface area (TPSA) is 6.48 Å². The minimum atomic E-state index is 0.932. The first-order valence-corrected chi connectivity index (χ1v) is 17.5. The normalized spacial score (nSPS) is 10.6. The van der Waals surface area contributed by atoms with Crippen molar-refractivity contribution in [2.24, 2.45) is 0 Å². The Morgan fingerprint density at radius 2 is 0.531 bits per heavy atom. The second-order valence-corrected chi connectivity index (χ2v) is 12.7. The van der Waals surface area contributed by atoms with E-state index in [2.05, 4.69) is 182 Å². The molecule has 0 saturated heterocycles. The minimum Gasteiger partial charge on any atom is -0.311 e. The molecule has 0 heterocycles. The molecule has 0 radical (unpaired) electrons. The summed E-state index contributed by atoms with van der Waals surface area (Å²) < 4.78 is 0. The molecule has 3 heteroatoms. The van der Waals surface area contributed by atoms with E-state index in [1.807, 2.05) is 36.1 Å². The highest BCUT2D eigenvalue weighted by atomic mass is 32.2. The maximum Gasteiger partial charge on any atom is 0.0462 e. The molecule has 0 bridgehead atoms. The number of rotatable bonds is 14. The molecule has 0 N–H and O–H groups in total. The number of nitrogens with zero attached hydrogens (tertiary/aromatic N) is 2. The van der Waals surface area contributed by atoms with Gasteiger partial charge in [0.05, 0.1) is 0 Å². The van der Waals surface area contributed by atoms with Crippen molar-refractivity contribution in [3.63, 3.8) is 0 Å². The summed E-state index contributed by atoms with van der Waals surface area (Å²) in [5, 5.41) is 0. The van der Waals surface area contributed by atoms with Crippen molar-refractivity contribution in [1.29, 1.82) is 0 Å². The van der Waals surface area contributed by atoms with Gasteiger partial charge in [0.2, 0.25) is 0 Å². The molecule has 0 spiro atoms. The lowest BCUT2D eigenvalue weighted by atomic mass is 10.1. The van der Waals surface area contributed by atoms with Gasteiger partial charge in [0.25, 0.3) is 0 Å². The van der Waals surface area contributed by atoms with E-state index in [1.165, 1.54) is 11.1 Å². The number of benzene rings is 6. The zero-order valence-corrected chi connectivity index (χ0v) is 28.5. The van der Waals surface area contributed by atoms with Crippen molar-refractivity contribution in [1.82, 2.24) is 0 Å². The molecule has 240 valence electrons. The SMILES string of the molecule is C=Cc1ccc(N(c2ccc(C=C)cc2)c2ccc(CSCc3ccc(N(c4ccc(C=C)cc4)c4ccc(C=C)cc4)cc3)cc2)cc1. The molecule has 0 aliphatic rings. The number of hydrogen-bond acceptors (Lipinski definition) is 3. The highest BCUT2D eigenvalue weighted by molar-refractivity contribution is 7.97. The lowest BCUT2D eigenvalue weighted by molar-refractivity contribution is 1.26. The van der Waals surface area contributed by atoms with Crippen molar-refractivity contribution in [3.05, 3.63) is 205 Å². The Morgan fingerprint density at radius 3 is 0.735 bits per heavy atom. The zero-order chi connectivity index (χ0) is 34.0. The molecule has 0 atom stereocenters. The Bertz CT molecular complexity index is 1750. The summed E-state index contributed by atoms with van der Waals surface area (Å²) in [6.07, 6.45) is 7.48. The fourth-order valence-corrected chi connectivity index (χ4v) is 6.66. The average molecular weight is 653 g/mol. The number of thioether (sulfide) groups is 1. The molecule has 0 fully saturated rings. The van der Waals surface area contributed by atoms with Crippen LogP contribution >= 0.6 is 11.8 Å². The standard InChI is InChI=1S/C46H40N2S/c1-5-35-9-21-41(22-10-35)47(42-23-11-36(6-2)12-24-42)45-29-17-39(18-30-45)33-49-34-40-19-31-46(32-20-40)48(43-25-13-37(7-3)14-26-43)44-27-15-38(8-4)16-28-44/h5-32H,1-4,33-34H2. The van der Waals surface area contributed by atoms with Crippen LogP contribution in [0.25, 0.3) is 24.3 Å². The fourth-order valence-electron chi connectivity index (χ4n) is 5.70. The van der Waals surface area contributed by atoms with Crippen molar-refractivity contribution >= 4 is 70.2 Å². The Hall–Kier alpha value is -5.77. The van der Waals surface area contributed by atoms with Crippen molar-refractivity contribution < 1.29 is 0 Å². The largest absolute Gasteiger partial charge is 0.311 e. The summed E-state index contributed by atoms with van der Waals surface area (Å²) in [7, 11) is 0. The van der Waals surface area contributed by atoms with E-state index in [4.69, 9.17) is 0 Å².